The molecule has 6 heteroatoms. The van der Waals surface area contributed by atoms with Gasteiger partial charge < -0.3 is 24.4 Å². The maximum atomic E-state index is 6.38. The largest absolute Gasteiger partial charge is 0.490 e. The van der Waals surface area contributed by atoms with Gasteiger partial charge in [-0.3, -0.25) is 0 Å². The zero-order valence-electron chi connectivity index (χ0n) is 15.2. The van der Waals surface area contributed by atoms with Crippen LogP contribution in [0.15, 0.2) is 24.8 Å². The number of rotatable bonds is 11. The van der Waals surface area contributed by atoms with Gasteiger partial charge in [0.1, 0.15) is 26.2 Å². The van der Waals surface area contributed by atoms with E-state index in [1.807, 2.05) is 19.1 Å². The lowest BCUT2D eigenvalue weighted by Gasteiger charge is -2.23. The number of nitrogens with two attached hydrogens (primary N) is 1. The van der Waals surface area contributed by atoms with E-state index in [1.54, 1.807) is 11.0 Å². The van der Waals surface area contributed by atoms with Gasteiger partial charge in [-0.05, 0) is 19.1 Å². The molecular formula is C19H31ClN2O3+2. The van der Waals surface area contributed by atoms with Crippen molar-refractivity contribution in [1.82, 2.24) is 0 Å². The Balaban J connectivity index is 1.81. The second-order valence-corrected chi connectivity index (χ2v) is 6.59. The molecule has 2 rings (SSSR count). The quantitative estimate of drug-likeness (QED) is 0.444. The van der Waals surface area contributed by atoms with Gasteiger partial charge in [-0.1, -0.05) is 24.3 Å². The molecule has 0 atom stereocenters. The molecule has 0 aromatic heterocycles. The monoisotopic (exact) mass is 370 g/mol. The van der Waals surface area contributed by atoms with Crippen molar-refractivity contribution in [3.63, 3.8) is 0 Å². The van der Waals surface area contributed by atoms with E-state index in [4.69, 9.17) is 25.8 Å². The van der Waals surface area contributed by atoms with Crippen LogP contribution >= 0.6 is 11.6 Å². The van der Waals surface area contributed by atoms with E-state index in [0.29, 0.717) is 29.7 Å². The summed E-state index contributed by atoms with van der Waals surface area (Å²) in [5.41, 5.74) is 1.15. The fourth-order valence-corrected chi connectivity index (χ4v) is 3.25. The van der Waals surface area contributed by atoms with Crippen molar-refractivity contribution in [3.05, 3.63) is 35.4 Å². The van der Waals surface area contributed by atoms with Gasteiger partial charge in [0.15, 0.2) is 11.5 Å². The van der Waals surface area contributed by atoms with Gasteiger partial charge in [0.25, 0.3) is 0 Å². The molecule has 1 aliphatic rings. The Bertz CT molecular complexity index is 534. The molecule has 0 amide bonds. The van der Waals surface area contributed by atoms with Crippen molar-refractivity contribution in [2.24, 2.45) is 0 Å². The summed E-state index contributed by atoms with van der Waals surface area (Å²) in [5.74, 6) is 1.31. The van der Waals surface area contributed by atoms with E-state index in [0.717, 1.165) is 45.0 Å². The Labute approximate surface area is 155 Å². The third-order valence-electron chi connectivity index (χ3n) is 4.23. The standard InChI is InChI=1S/C19H29ClN2O3/c1-3-10-25-19-17(20)13-16(14-18(19)24-4-2)15-21-6-5-7-22-8-11-23-12-9-22/h3,13-14,21H,1,4-12,15H2,2H3/p+2. The number of morpholine rings is 1. The van der Waals surface area contributed by atoms with Crippen molar-refractivity contribution >= 4 is 11.6 Å². The zero-order chi connectivity index (χ0) is 17.9. The van der Waals surface area contributed by atoms with Crippen molar-refractivity contribution in [3.8, 4) is 11.5 Å². The molecular weight excluding hydrogens is 340 g/mol. The smallest absolute Gasteiger partial charge is 0.180 e. The Hall–Kier alpha value is -1.27. The highest BCUT2D eigenvalue weighted by Crippen LogP contribution is 2.36. The average Bonchev–Trinajstić information content (AvgIpc) is 2.62. The molecule has 0 bridgehead atoms. The molecule has 1 fully saturated rings. The lowest BCUT2D eigenvalue weighted by Crippen LogP contribution is -3.14. The number of nitrogens with one attached hydrogen (secondary N) is 1. The molecule has 1 aromatic rings. The number of benzene rings is 1. The summed E-state index contributed by atoms with van der Waals surface area (Å²) in [6, 6.07) is 3.99. The molecule has 0 spiro atoms. The normalized spacial score (nSPS) is 15.1. The maximum absolute atomic E-state index is 6.38. The third kappa shape index (κ3) is 6.86. The first kappa shape index (κ1) is 20.0. The molecule has 1 heterocycles. The highest BCUT2D eigenvalue weighted by Gasteiger charge is 2.14. The Kier molecular flexibility index (Phi) is 9.11. The minimum absolute atomic E-state index is 0.412. The van der Waals surface area contributed by atoms with Gasteiger partial charge in [0.2, 0.25) is 0 Å². The first-order valence-electron chi connectivity index (χ1n) is 9.16. The summed E-state index contributed by atoms with van der Waals surface area (Å²) >= 11 is 6.38. The molecule has 1 aliphatic heterocycles. The van der Waals surface area contributed by atoms with Crippen LogP contribution in [0.1, 0.15) is 18.9 Å². The number of hydrogen-bond donors (Lipinski definition) is 2. The van der Waals surface area contributed by atoms with Gasteiger partial charge >= 0.3 is 0 Å². The number of ether oxygens (including phenoxy) is 3. The summed E-state index contributed by atoms with van der Waals surface area (Å²) in [6.07, 6.45) is 2.91. The minimum Gasteiger partial charge on any atom is -0.490 e. The molecule has 25 heavy (non-hydrogen) atoms. The second kappa shape index (κ2) is 11.4. The van der Waals surface area contributed by atoms with Crippen molar-refractivity contribution in [1.29, 1.82) is 0 Å². The van der Waals surface area contributed by atoms with E-state index >= 15 is 0 Å². The van der Waals surface area contributed by atoms with Crippen LogP contribution in [0, 0.1) is 0 Å². The van der Waals surface area contributed by atoms with E-state index in [2.05, 4.69) is 11.9 Å². The SMILES string of the molecule is C=CCOc1c(Cl)cc(C[NH2+]CCC[NH+]2CCOCC2)cc1OCC. The molecule has 140 valence electrons. The van der Waals surface area contributed by atoms with E-state index in [-0.39, 0.29) is 0 Å². The number of quaternary nitrogens is 2. The van der Waals surface area contributed by atoms with Gasteiger partial charge in [-0.2, -0.15) is 0 Å². The predicted molar refractivity (Wildman–Crippen MR) is 99.8 cm³/mol. The topological polar surface area (TPSA) is 48.7 Å². The number of hydrogen-bond acceptors (Lipinski definition) is 3. The molecule has 0 saturated carbocycles. The fraction of sp³-hybridized carbons (Fsp3) is 0.579. The maximum Gasteiger partial charge on any atom is 0.180 e. The lowest BCUT2D eigenvalue weighted by atomic mass is 10.2. The molecule has 5 nitrogen and oxygen atoms in total. The highest BCUT2D eigenvalue weighted by atomic mass is 35.5. The van der Waals surface area contributed by atoms with Gasteiger partial charge in [0, 0.05) is 12.0 Å². The van der Waals surface area contributed by atoms with Gasteiger partial charge in [-0.15, -0.1) is 0 Å². The summed E-state index contributed by atoms with van der Waals surface area (Å²) in [7, 11) is 0. The number of halogens is 1. The van der Waals surface area contributed by atoms with Crippen LogP contribution < -0.4 is 19.7 Å². The van der Waals surface area contributed by atoms with Crippen molar-refractivity contribution < 1.29 is 24.4 Å². The molecule has 1 saturated heterocycles. The van der Waals surface area contributed by atoms with Gasteiger partial charge in [0.05, 0.1) is 37.9 Å². The van der Waals surface area contributed by atoms with Crippen LogP contribution in [0.5, 0.6) is 11.5 Å². The first-order valence-corrected chi connectivity index (χ1v) is 9.54. The summed E-state index contributed by atoms with van der Waals surface area (Å²) < 4.78 is 16.7. The summed E-state index contributed by atoms with van der Waals surface area (Å²) in [4.78, 5) is 1.66. The van der Waals surface area contributed by atoms with Crippen LogP contribution in [0.4, 0.5) is 0 Å². The average molecular weight is 371 g/mol. The molecule has 3 N–H and O–H groups in total. The Morgan fingerprint density at radius 2 is 2.12 bits per heavy atom. The van der Waals surface area contributed by atoms with Gasteiger partial charge in [-0.25, -0.2) is 0 Å². The zero-order valence-corrected chi connectivity index (χ0v) is 15.9. The molecule has 0 radical (unpaired) electrons. The minimum atomic E-state index is 0.412. The molecule has 0 unspecified atom stereocenters. The van der Waals surface area contributed by atoms with Crippen LogP contribution in [-0.2, 0) is 11.3 Å². The first-order chi connectivity index (χ1) is 12.2. The Morgan fingerprint density at radius 1 is 1.32 bits per heavy atom. The summed E-state index contributed by atoms with van der Waals surface area (Å²) in [5, 5.41) is 2.92. The van der Waals surface area contributed by atoms with Crippen molar-refractivity contribution in [2.45, 2.75) is 19.9 Å². The fourth-order valence-electron chi connectivity index (χ4n) is 2.96. The van der Waals surface area contributed by atoms with E-state index in [1.165, 1.54) is 13.0 Å². The second-order valence-electron chi connectivity index (χ2n) is 6.18. The van der Waals surface area contributed by atoms with Crippen molar-refractivity contribution in [2.75, 3.05) is 52.6 Å². The van der Waals surface area contributed by atoms with E-state index in [9.17, 15) is 0 Å². The van der Waals surface area contributed by atoms with Crippen LogP contribution in [0.25, 0.3) is 0 Å². The van der Waals surface area contributed by atoms with Crippen LogP contribution in [0.2, 0.25) is 5.02 Å². The Morgan fingerprint density at radius 3 is 2.84 bits per heavy atom. The van der Waals surface area contributed by atoms with E-state index < -0.39 is 0 Å². The molecule has 0 aliphatic carbocycles. The van der Waals surface area contributed by atoms with Crippen LogP contribution in [0.3, 0.4) is 0 Å². The molecule has 1 aromatic carbocycles. The predicted octanol–water partition coefficient (Wildman–Crippen LogP) is 0.672. The lowest BCUT2D eigenvalue weighted by molar-refractivity contribution is -0.909. The third-order valence-corrected chi connectivity index (χ3v) is 4.51. The summed E-state index contributed by atoms with van der Waals surface area (Å²) in [6.45, 7) is 13.9. The highest BCUT2D eigenvalue weighted by molar-refractivity contribution is 6.32. The van der Waals surface area contributed by atoms with Crippen LogP contribution in [-0.4, -0.2) is 52.6 Å².